The molecule has 0 aliphatic heterocycles. The van der Waals surface area contributed by atoms with Gasteiger partial charge in [-0.05, 0) is 30.7 Å². The molecule has 0 aromatic carbocycles. The highest BCUT2D eigenvalue weighted by atomic mass is 16.5. The smallest absolute Gasteiger partial charge is 0.0699 e. The minimum atomic E-state index is 0.377. The third-order valence-electron chi connectivity index (χ3n) is 2.74. The van der Waals surface area contributed by atoms with Gasteiger partial charge in [-0.15, -0.1) is 0 Å². The van der Waals surface area contributed by atoms with Crippen LogP contribution >= 0.6 is 0 Å². The third-order valence-corrected chi connectivity index (χ3v) is 2.74. The zero-order valence-electron chi connectivity index (χ0n) is 12.8. The van der Waals surface area contributed by atoms with Crippen LogP contribution < -0.4 is 5.32 Å². The number of hydrogen-bond acceptors (Lipinski definition) is 2. The summed E-state index contributed by atoms with van der Waals surface area (Å²) < 4.78 is 5.98. The highest BCUT2D eigenvalue weighted by Gasteiger charge is 2.13. The van der Waals surface area contributed by atoms with Gasteiger partial charge in [0.1, 0.15) is 0 Å². The summed E-state index contributed by atoms with van der Waals surface area (Å²) in [5, 5.41) is 3.49. The maximum atomic E-state index is 5.98. The van der Waals surface area contributed by atoms with Crippen LogP contribution in [0.3, 0.4) is 0 Å². The van der Waals surface area contributed by atoms with Gasteiger partial charge in [0.15, 0.2) is 0 Å². The van der Waals surface area contributed by atoms with Gasteiger partial charge in [0, 0.05) is 13.2 Å². The maximum absolute atomic E-state index is 5.98. The molecule has 17 heavy (non-hydrogen) atoms. The summed E-state index contributed by atoms with van der Waals surface area (Å²) >= 11 is 0. The molecule has 0 saturated carbocycles. The largest absolute Gasteiger partial charge is 0.377 e. The summed E-state index contributed by atoms with van der Waals surface area (Å²) in [6.45, 7) is 16.5. The van der Waals surface area contributed by atoms with Crippen LogP contribution in [0.2, 0.25) is 0 Å². The molecular formula is C15H33NO. The fourth-order valence-electron chi connectivity index (χ4n) is 1.63. The molecule has 1 N–H and O–H groups in total. The van der Waals surface area contributed by atoms with Gasteiger partial charge in [0.05, 0.1) is 6.10 Å². The summed E-state index contributed by atoms with van der Waals surface area (Å²) in [5.41, 5.74) is 0.377. The first-order valence-electron chi connectivity index (χ1n) is 7.17. The van der Waals surface area contributed by atoms with Crippen molar-refractivity contribution in [2.75, 3.05) is 19.7 Å². The second-order valence-corrected chi connectivity index (χ2v) is 6.64. The molecule has 2 heteroatoms. The number of nitrogens with one attached hydrogen (secondary N) is 1. The molecule has 0 spiro atoms. The fourth-order valence-corrected chi connectivity index (χ4v) is 1.63. The van der Waals surface area contributed by atoms with Gasteiger partial charge in [-0.1, -0.05) is 48.0 Å². The van der Waals surface area contributed by atoms with Crippen LogP contribution in [0.5, 0.6) is 0 Å². The molecule has 0 aliphatic rings. The molecule has 0 fully saturated rings. The zero-order valence-corrected chi connectivity index (χ0v) is 12.8. The Balaban J connectivity index is 3.74. The van der Waals surface area contributed by atoms with Gasteiger partial charge in [-0.2, -0.15) is 0 Å². The van der Waals surface area contributed by atoms with Crippen molar-refractivity contribution in [3.05, 3.63) is 0 Å². The van der Waals surface area contributed by atoms with Crippen molar-refractivity contribution in [3.63, 3.8) is 0 Å². The van der Waals surface area contributed by atoms with Gasteiger partial charge in [0.2, 0.25) is 0 Å². The monoisotopic (exact) mass is 243 g/mol. The van der Waals surface area contributed by atoms with Crippen LogP contribution in [0, 0.1) is 11.3 Å². The molecule has 0 bridgehead atoms. The van der Waals surface area contributed by atoms with Gasteiger partial charge in [-0.25, -0.2) is 0 Å². The van der Waals surface area contributed by atoms with E-state index in [1.165, 1.54) is 6.42 Å². The van der Waals surface area contributed by atoms with Crippen LogP contribution in [0.1, 0.15) is 60.8 Å². The van der Waals surface area contributed by atoms with E-state index in [1.807, 2.05) is 0 Å². The zero-order chi connectivity index (χ0) is 13.3. The Kier molecular flexibility index (Phi) is 8.89. The van der Waals surface area contributed by atoms with Gasteiger partial charge in [0.25, 0.3) is 0 Å². The lowest BCUT2D eigenvalue weighted by atomic mass is 9.93. The summed E-state index contributed by atoms with van der Waals surface area (Å²) in [6.07, 6.45) is 3.89. The Morgan fingerprint density at radius 3 is 2.24 bits per heavy atom. The Morgan fingerprint density at radius 2 is 1.76 bits per heavy atom. The molecule has 0 aromatic rings. The van der Waals surface area contributed by atoms with Crippen LogP contribution in [0.4, 0.5) is 0 Å². The van der Waals surface area contributed by atoms with E-state index in [9.17, 15) is 0 Å². The maximum Gasteiger partial charge on any atom is 0.0699 e. The lowest BCUT2D eigenvalue weighted by molar-refractivity contribution is 0.0322. The van der Waals surface area contributed by atoms with Crippen LogP contribution in [0.15, 0.2) is 0 Å². The van der Waals surface area contributed by atoms with Crippen molar-refractivity contribution in [1.29, 1.82) is 0 Å². The average molecular weight is 243 g/mol. The Labute approximate surface area is 109 Å². The van der Waals surface area contributed by atoms with E-state index in [4.69, 9.17) is 4.74 Å². The number of hydrogen-bond donors (Lipinski definition) is 1. The lowest BCUT2D eigenvalue weighted by Gasteiger charge is -2.22. The predicted octanol–water partition coefficient (Wildman–Crippen LogP) is 3.85. The first-order chi connectivity index (χ1) is 7.85. The van der Waals surface area contributed by atoms with Gasteiger partial charge in [-0.3, -0.25) is 0 Å². The quantitative estimate of drug-likeness (QED) is 0.664. The van der Waals surface area contributed by atoms with E-state index in [0.717, 1.165) is 32.5 Å². The normalized spacial score (nSPS) is 14.3. The van der Waals surface area contributed by atoms with Gasteiger partial charge < -0.3 is 10.1 Å². The first kappa shape index (κ1) is 16.9. The van der Waals surface area contributed by atoms with E-state index < -0.39 is 0 Å². The number of rotatable bonds is 9. The molecule has 2 nitrogen and oxygen atoms in total. The lowest BCUT2D eigenvalue weighted by Crippen LogP contribution is -2.32. The molecule has 0 rings (SSSR count). The van der Waals surface area contributed by atoms with Crippen LogP contribution in [0.25, 0.3) is 0 Å². The summed E-state index contributed by atoms with van der Waals surface area (Å²) in [5.74, 6) is 0.715. The molecule has 0 radical (unpaired) electrons. The predicted molar refractivity (Wildman–Crippen MR) is 76.4 cm³/mol. The molecule has 104 valence electrons. The number of ether oxygens (including phenoxy) is 1. The molecule has 1 atom stereocenters. The molecule has 0 aliphatic carbocycles. The van der Waals surface area contributed by atoms with E-state index >= 15 is 0 Å². The summed E-state index contributed by atoms with van der Waals surface area (Å²) in [7, 11) is 0. The molecule has 0 heterocycles. The topological polar surface area (TPSA) is 21.3 Å². The summed E-state index contributed by atoms with van der Waals surface area (Å²) in [6, 6.07) is 0. The van der Waals surface area contributed by atoms with Gasteiger partial charge >= 0.3 is 0 Å². The van der Waals surface area contributed by atoms with E-state index in [-0.39, 0.29) is 0 Å². The minimum absolute atomic E-state index is 0.377. The van der Waals surface area contributed by atoms with Crippen LogP contribution in [-0.4, -0.2) is 25.8 Å². The second-order valence-electron chi connectivity index (χ2n) is 6.64. The third kappa shape index (κ3) is 12.2. The average Bonchev–Trinajstić information content (AvgIpc) is 2.15. The Hall–Kier alpha value is -0.0800. The van der Waals surface area contributed by atoms with Crippen molar-refractivity contribution in [2.45, 2.75) is 66.9 Å². The van der Waals surface area contributed by atoms with Crippen molar-refractivity contribution < 1.29 is 4.74 Å². The Bertz CT molecular complexity index is 172. The molecular weight excluding hydrogens is 210 g/mol. The highest BCUT2D eigenvalue weighted by molar-refractivity contribution is 4.65. The minimum Gasteiger partial charge on any atom is -0.377 e. The van der Waals surface area contributed by atoms with Crippen molar-refractivity contribution in [2.24, 2.45) is 11.3 Å². The SMILES string of the molecule is CCCC(CNCC(C)C)OCCC(C)(C)C. The molecule has 1 unspecified atom stereocenters. The van der Waals surface area contributed by atoms with Crippen molar-refractivity contribution in [3.8, 4) is 0 Å². The van der Waals surface area contributed by atoms with Crippen molar-refractivity contribution >= 4 is 0 Å². The standard InChI is InChI=1S/C15H33NO/c1-7-8-14(12-16-11-13(2)3)17-10-9-15(4,5)6/h13-14,16H,7-12H2,1-6H3. The summed E-state index contributed by atoms with van der Waals surface area (Å²) in [4.78, 5) is 0. The molecule has 0 aromatic heterocycles. The van der Waals surface area contributed by atoms with E-state index in [2.05, 4.69) is 46.9 Å². The Morgan fingerprint density at radius 1 is 1.12 bits per heavy atom. The van der Waals surface area contributed by atoms with Crippen molar-refractivity contribution in [1.82, 2.24) is 5.32 Å². The molecule has 0 amide bonds. The van der Waals surface area contributed by atoms with E-state index in [1.54, 1.807) is 0 Å². The second kappa shape index (κ2) is 8.93. The van der Waals surface area contributed by atoms with Crippen LogP contribution in [-0.2, 0) is 4.74 Å². The molecule has 0 saturated heterocycles. The first-order valence-corrected chi connectivity index (χ1v) is 7.17. The van der Waals surface area contributed by atoms with E-state index in [0.29, 0.717) is 17.4 Å². The fraction of sp³-hybridized carbons (Fsp3) is 1.00. The highest BCUT2D eigenvalue weighted by Crippen LogP contribution is 2.18.